The molecule has 1 aliphatic rings. The molecule has 7 nitrogen and oxygen atoms in total. The van der Waals surface area contributed by atoms with E-state index in [1.54, 1.807) is 27.7 Å². The molecule has 1 atom stereocenters. The van der Waals surface area contributed by atoms with E-state index in [1.165, 1.54) is 23.1 Å². The van der Waals surface area contributed by atoms with Crippen molar-refractivity contribution >= 4 is 40.2 Å². The van der Waals surface area contributed by atoms with E-state index < -0.39 is 23.2 Å². The van der Waals surface area contributed by atoms with Gasteiger partial charge >= 0.3 is 12.1 Å². The van der Waals surface area contributed by atoms with Gasteiger partial charge in [-0.2, -0.15) is 0 Å². The Morgan fingerprint density at radius 3 is 2.74 bits per heavy atom. The highest BCUT2D eigenvalue weighted by Crippen LogP contribution is 2.31. The fourth-order valence-corrected chi connectivity index (χ4v) is 3.61. The Kier molecular flexibility index (Phi) is 5.00. The Morgan fingerprint density at radius 1 is 1.48 bits per heavy atom. The van der Waals surface area contributed by atoms with Gasteiger partial charge in [0.25, 0.3) is 0 Å². The first-order valence-electron chi connectivity index (χ1n) is 6.97. The fourth-order valence-electron chi connectivity index (χ4n) is 1.69. The number of carbonyl (C=O) groups excluding carboxylic acids is 1. The third kappa shape index (κ3) is 4.68. The molecule has 2 heterocycles. The van der Waals surface area contributed by atoms with E-state index in [2.05, 4.69) is 15.3 Å². The summed E-state index contributed by atoms with van der Waals surface area (Å²) in [5, 5.41) is 15.0. The van der Waals surface area contributed by atoms with E-state index in [0.29, 0.717) is 21.5 Å². The zero-order valence-electron chi connectivity index (χ0n) is 13.4. The zero-order chi connectivity index (χ0) is 17.3. The Balaban J connectivity index is 1.97. The summed E-state index contributed by atoms with van der Waals surface area (Å²) in [6.45, 7) is 7.23. The molecule has 0 radical (unpaired) electrons. The van der Waals surface area contributed by atoms with E-state index >= 15 is 0 Å². The molecule has 1 amide bonds. The number of hydrogen-bond donors (Lipinski definition) is 2. The van der Waals surface area contributed by atoms with E-state index in [0.717, 1.165) is 0 Å². The number of aromatic nitrogens is 1. The Hall–Kier alpha value is -1.61. The smallest absolute Gasteiger partial charge is 0.408 e. The highest BCUT2D eigenvalue weighted by molar-refractivity contribution is 8.14. The number of aliphatic imine (C=N–C) groups is 1. The van der Waals surface area contributed by atoms with Gasteiger partial charge in [-0.25, -0.2) is 14.6 Å². The lowest BCUT2D eigenvalue weighted by Crippen LogP contribution is -2.33. The Labute approximate surface area is 142 Å². The highest BCUT2D eigenvalue weighted by Gasteiger charge is 2.39. The van der Waals surface area contributed by atoms with Gasteiger partial charge in [-0.1, -0.05) is 0 Å². The van der Waals surface area contributed by atoms with Gasteiger partial charge in [0.15, 0.2) is 5.54 Å². The molecule has 126 valence electrons. The molecule has 2 rings (SSSR count). The second kappa shape index (κ2) is 6.48. The van der Waals surface area contributed by atoms with Crippen LogP contribution in [0.3, 0.4) is 0 Å². The fraction of sp³-hybridized carbons (Fsp3) is 0.571. The van der Waals surface area contributed by atoms with Crippen LogP contribution in [0.1, 0.15) is 38.4 Å². The first-order chi connectivity index (χ1) is 10.6. The minimum absolute atomic E-state index is 0.258. The Morgan fingerprint density at radius 2 is 2.17 bits per heavy atom. The first-order valence-corrected chi connectivity index (χ1v) is 8.83. The van der Waals surface area contributed by atoms with Crippen molar-refractivity contribution in [2.75, 3.05) is 5.75 Å². The van der Waals surface area contributed by atoms with Gasteiger partial charge in [-0.3, -0.25) is 4.99 Å². The van der Waals surface area contributed by atoms with Gasteiger partial charge in [-0.15, -0.1) is 23.1 Å². The van der Waals surface area contributed by atoms with Crippen LogP contribution < -0.4 is 5.32 Å². The van der Waals surface area contributed by atoms with Crippen molar-refractivity contribution in [1.29, 1.82) is 0 Å². The van der Waals surface area contributed by atoms with E-state index in [1.807, 2.05) is 5.38 Å². The normalized spacial score (nSPS) is 21.0. The van der Waals surface area contributed by atoms with E-state index in [-0.39, 0.29) is 6.54 Å². The molecular formula is C14H19N3O4S2. The van der Waals surface area contributed by atoms with Gasteiger partial charge in [0, 0.05) is 11.1 Å². The Bertz CT molecular complexity index is 651. The number of ether oxygens (including phenoxy) is 1. The number of amides is 1. The molecule has 0 bridgehead atoms. The lowest BCUT2D eigenvalue weighted by atomic mass is 10.1. The van der Waals surface area contributed by atoms with Crippen LogP contribution in [0, 0.1) is 0 Å². The van der Waals surface area contributed by atoms with Crippen LogP contribution in [0.15, 0.2) is 10.4 Å². The van der Waals surface area contributed by atoms with E-state index in [9.17, 15) is 14.7 Å². The number of thioether (sulfide) groups is 1. The lowest BCUT2D eigenvalue weighted by Gasteiger charge is -2.19. The minimum Gasteiger partial charge on any atom is -0.479 e. The van der Waals surface area contributed by atoms with Crippen molar-refractivity contribution in [2.45, 2.75) is 45.4 Å². The number of alkyl carbamates (subject to hydrolysis) is 1. The maximum Gasteiger partial charge on any atom is 0.408 e. The largest absolute Gasteiger partial charge is 0.479 e. The second-order valence-corrected chi connectivity index (χ2v) is 8.17. The van der Waals surface area contributed by atoms with Crippen LogP contribution in [0.4, 0.5) is 4.79 Å². The molecule has 2 N–H and O–H groups in total. The summed E-state index contributed by atoms with van der Waals surface area (Å²) in [4.78, 5) is 31.5. The van der Waals surface area contributed by atoms with Crippen LogP contribution in [0.2, 0.25) is 0 Å². The number of thiazole rings is 1. The average molecular weight is 357 g/mol. The molecule has 0 spiro atoms. The number of carboxylic acid groups (broad SMARTS) is 1. The first kappa shape index (κ1) is 17.7. The summed E-state index contributed by atoms with van der Waals surface area (Å²) < 4.78 is 5.15. The molecule has 0 saturated heterocycles. The molecule has 9 heteroatoms. The molecule has 0 fully saturated rings. The van der Waals surface area contributed by atoms with Crippen LogP contribution in [-0.2, 0) is 16.1 Å². The van der Waals surface area contributed by atoms with E-state index in [4.69, 9.17) is 4.74 Å². The van der Waals surface area contributed by atoms with Crippen molar-refractivity contribution in [3.8, 4) is 0 Å². The summed E-state index contributed by atoms with van der Waals surface area (Å²) in [5.41, 5.74) is -1.00. The number of aliphatic carboxylic acids is 1. The van der Waals surface area contributed by atoms with Gasteiger partial charge in [0.1, 0.15) is 21.3 Å². The van der Waals surface area contributed by atoms with Gasteiger partial charge in [0.05, 0.1) is 6.54 Å². The SMILES string of the molecule is CC(C)(C)OC(=O)NCc1nc(C2=NC(C)(C(=O)O)CS2)cs1. The van der Waals surface area contributed by atoms with Crippen molar-refractivity contribution in [3.63, 3.8) is 0 Å². The van der Waals surface area contributed by atoms with Crippen molar-refractivity contribution < 1.29 is 19.4 Å². The van der Waals surface area contributed by atoms with Gasteiger partial charge in [-0.05, 0) is 27.7 Å². The second-order valence-electron chi connectivity index (χ2n) is 6.27. The summed E-state index contributed by atoms with van der Waals surface area (Å²) in [5.74, 6) is -0.553. The van der Waals surface area contributed by atoms with Crippen molar-refractivity contribution in [3.05, 3.63) is 16.1 Å². The number of nitrogens with one attached hydrogen (secondary N) is 1. The number of hydrogen-bond acceptors (Lipinski definition) is 7. The summed E-state index contributed by atoms with van der Waals surface area (Å²) in [6, 6.07) is 0. The molecule has 0 aromatic carbocycles. The maximum absolute atomic E-state index is 11.6. The predicted molar refractivity (Wildman–Crippen MR) is 90.2 cm³/mol. The van der Waals surface area contributed by atoms with Crippen molar-refractivity contribution in [1.82, 2.24) is 10.3 Å². The molecular weight excluding hydrogens is 338 g/mol. The molecule has 1 aliphatic heterocycles. The van der Waals surface area contributed by atoms with Gasteiger partial charge in [0.2, 0.25) is 0 Å². The third-order valence-electron chi connectivity index (χ3n) is 2.85. The standard InChI is InChI=1S/C14H19N3O4S2/c1-13(2,3)21-12(20)15-5-9-16-8(6-22-9)10-17-14(4,7-23-10)11(18)19/h6H,5,7H2,1-4H3,(H,15,20)(H,18,19). The molecule has 23 heavy (non-hydrogen) atoms. The molecule has 1 aromatic rings. The minimum atomic E-state index is -1.10. The molecule has 0 aliphatic carbocycles. The average Bonchev–Trinajstić information content (AvgIpc) is 3.01. The molecule has 1 unspecified atom stereocenters. The number of nitrogens with zero attached hydrogens (tertiary/aromatic N) is 2. The summed E-state index contributed by atoms with van der Waals surface area (Å²) >= 11 is 2.76. The van der Waals surface area contributed by atoms with Crippen LogP contribution in [-0.4, -0.2) is 44.1 Å². The zero-order valence-corrected chi connectivity index (χ0v) is 15.0. The monoisotopic (exact) mass is 357 g/mol. The van der Waals surface area contributed by atoms with Crippen LogP contribution >= 0.6 is 23.1 Å². The van der Waals surface area contributed by atoms with Gasteiger partial charge < -0.3 is 15.2 Å². The lowest BCUT2D eigenvalue weighted by molar-refractivity contribution is -0.141. The van der Waals surface area contributed by atoms with Crippen LogP contribution in [0.25, 0.3) is 0 Å². The predicted octanol–water partition coefficient (Wildman–Crippen LogP) is 2.50. The summed E-state index contributed by atoms with van der Waals surface area (Å²) in [6.07, 6.45) is -0.500. The molecule has 0 saturated carbocycles. The molecule has 1 aromatic heterocycles. The number of carboxylic acids is 1. The quantitative estimate of drug-likeness (QED) is 0.858. The highest BCUT2D eigenvalue weighted by atomic mass is 32.2. The number of rotatable bonds is 4. The third-order valence-corrected chi connectivity index (χ3v) is 4.98. The number of carbonyl (C=O) groups is 2. The topological polar surface area (TPSA) is 101 Å². The maximum atomic E-state index is 11.6. The summed E-state index contributed by atoms with van der Waals surface area (Å²) in [7, 11) is 0. The van der Waals surface area contributed by atoms with Crippen LogP contribution in [0.5, 0.6) is 0 Å². The van der Waals surface area contributed by atoms with Crippen molar-refractivity contribution in [2.24, 2.45) is 4.99 Å².